The standard InChI is InChI=1S/C9H19NO2S.C4H11N.2CH4/c1-9(2,3)8-10-4-6-13(11,12)7-5-10;1-4(2,3)5;;/h4-8H2,1-3H3;5H2,1-3H3;2*1H4. The van der Waals surface area contributed by atoms with Crippen molar-refractivity contribution in [2.75, 3.05) is 31.1 Å². The van der Waals surface area contributed by atoms with E-state index in [4.69, 9.17) is 5.73 Å². The SMILES string of the molecule is C.C.CC(C)(C)CN1CCS(=O)(=O)CC1.CC(C)(C)N. The van der Waals surface area contributed by atoms with Gasteiger partial charge < -0.3 is 10.6 Å². The van der Waals surface area contributed by atoms with Crippen molar-refractivity contribution in [2.45, 2.75) is 61.9 Å². The zero-order chi connectivity index (χ0) is 14.6. The van der Waals surface area contributed by atoms with Crippen LogP contribution in [0.15, 0.2) is 0 Å². The minimum absolute atomic E-state index is 0. The van der Waals surface area contributed by atoms with Crippen LogP contribution in [0.1, 0.15) is 56.4 Å². The topological polar surface area (TPSA) is 63.4 Å². The van der Waals surface area contributed by atoms with Crippen LogP contribution >= 0.6 is 0 Å². The maximum Gasteiger partial charge on any atom is 0.152 e. The van der Waals surface area contributed by atoms with E-state index in [1.165, 1.54) is 0 Å². The minimum atomic E-state index is -2.71. The summed E-state index contributed by atoms with van der Waals surface area (Å²) in [5.74, 6) is 0.673. The molecular formula is C15H38N2O2S. The van der Waals surface area contributed by atoms with Gasteiger partial charge in [0, 0.05) is 25.2 Å². The second-order valence-electron chi connectivity index (χ2n) is 7.35. The van der Waals surface area contributed by atoms with Crippen molar-refractivity contribution >= 4 is 9.84 Å². The Balaban J connectivity index is -0.000000361. The first-order chi connectivity index (χ1) is 7.79. The Labute approximate surface area is 128 Å². The molecule has 1 aliphatic rings. The molecule has 5 heteroatoms. The molecule has 1 heterocycles. The molecule has 0 aromatic rings. The van der Waals surface area contributed by atoms with Crippen LogP contribution in [0.4, 0.5) is 0 Å². The highest BCUT2D eigenvalue weighted by Crippen LogP contribution is 2.16. The molecule has 20 heavy (non-hydrogen) atoms. The van der Waals surface area contributed by atoms with Crippen LogP contribution in [0.3, 0.4) is 0 Å². The lowest BCUT2D eigenvalue weighted by Crippen LogP contribution is -2.43. The monoisotopic (exact) mass is 310 g/mol. The molecule has 0 aliphatic carbocycles. The molecule has 0 aromatic carbocycles. The lowest BCUT2D eigenvalue weighted by molar-refractivity contribution is 0.204. The van der Waals surface area contributed by atoms with Crippen LogP contribution in [0.5, 0.6) is 0 Å². The van der Waals surface area contributed by atoms with Gasteiger partial charge in [-0.05, 0) is 26.2 Å². The van der Waals surface area contributed by atoms with E-state index in [2.05, 4.69) is 25.7 Å². The van der Waals surface area contributed by atoms with Crippen LogP contribution < -0.4 is 5.73 Å². The molecule has 1 rings (SSSR count). The molecule has 0 unspecified atom stereocenters. The van der Waals surface area contributed by atoms with Gasteiger partial charge in [0.05, 0.1) is 11.5 Å². The van der Waals surface area contributed by atoms with Gasteiger partial charge in [-0.15, -0.1) is 0 Å². The van der Waals surface area contributed by atoms with Gasteiger partial charge in [-0.2, -0.15) is 0 Å². The normalized spacial score (nSPS) is 18.9. The first kappa shape index (κ1) is 24.9. The van der Waals surface area contributed by atoms with Gasteiger partial charge >= 0.3 is 0 Å². The Kier molecular flexibility index (Phi) is 11.2. The fourth-order valence-electron chi connectivity index (χ4n) is 1.58. The second-order valence-corrected chi connectivity index (χ2v) is 9.66. The van der Waals surface area contributed by atoms with Crippen molar-refractivity contribution in [3.8, 4) is 0 Å². The van der Waals surface area contributed by atoms with E-state index in [-0.39, 0.29) is 25.8 Å². The van der Waals surface area contributed by atoms with E-state index in [0.29, 0.717) is 24.6 Å². The van der Waals surface area contributed by atoms with Crippen molar-refractivity contribution in [3.63, 3.8) is 0 Å². The maximum atomic E-state index is 11.1. The summed E-state index contributed by atoms with van der Waals surface area (Å²) in [6.45, 7) is 14.8. The van der Waals surface area contributed by atoms with Crippen molar-refractivity contribution in [1.29, 1.82) is 0 Å². The smallest absolute Gasteiger partial charge is 0.152 e. The van der Waals surface area contributed by atoms with E-state index >= 15 is 0 Å². The maximum absolute atomic E-state index is 11.1. The van der Waals surface area contributed by atoms with Gasteiger partial charge in [0.2, 0.25) is 0 Å². The Hall–Kier alpha value is -0.130. The summed E-state index contributed by atoms with van der Waals surface area (Å²) in [7, 11) is -2.71. The molecule has 0 atom stereocenters. The number of rotatable bonds is 1. The molecule has 0 saturated carbocycles. The molecule has 1 aliphatic heterocycles. The first-order valence-corrected chi connectivity index (χ1v) is 8.32. The fourth-order valence-corrected chi connectivity index (χ4v) is 2.86. The molecule has 0 aromatic heterocycles. The summed E-state index contributed by atoms with van der Waals surface area (Å²) < 4.78 is 22.3. The molecule has 1 fully saturated rings. The molecule has 0 spiro atoms. The van der Waals surface area contributed by atoms with E-state index in [1.54, 1.807) is 0 Å². The number of sulfone groups is 1. The van der Waals surface area contributed by atoms with Crippen LogP contribution in [0.25, 0.3) is 0 Å². The Morgan fingerprint density at radius 2 is 1.25 bits per heavy atom. The second kappa shape index (κ2) is 9.00. The van der Waals surface area contributed by atoms with Crippen LogP contribution in [-0.4, -0.2) is 50.0 Å². The van der Waals surface area contributed by atoms with E-state index in [9.17, 15) is 8.42 Å². The van der Waals surface area contributed by atoms with Gasteiger partial charge in [-0.25, -0.2) is 8.42 Å². The van der Waals surface area contributed by atoms with Gasteiger partial charge in [0.15, 0.2) is 9.84 Å². The molecule has 126 valence electrons. The van der Waals surface area contributed by atoms with E-state index < -0.39 is 9.84 Å². The molecule has 0 bridgehead atoms. The summed E-state index contributed by atoms with van der Waals surface area (Å²) in [6, 6.07) is 0. The fraction of sp³-hybridized carbons (Fsp3) is 1.00. The number of nitrogens with two attached hydrogens (primary N) is 1. The van der Waals surface area contributed by atoms with Gasteiger partial charge in [-0.1, -0.05) is 35.6 Å². The minimum Gasteiger partial charge on any atom is -0.326 e. The number of hydrogen-bond donors (Lipinski definition) is 1. The number of nitrogens with zero attached hydrogens (tertiary/aromatic N) is 1. The molecule has 0 radical (unpaired) electrons. The van der Waals surface area contributed by atoms with Crippen molar-refractivity contribution in [2.24, 2.45) is 11.1 Å². The third-order valence-electron chi connectivity index (χ3n) is 2.13. The average molecular weight is 311 g/mol. The van der Waals surface area contributed by atoms with Crippen molar-refractivity contribution in [1.82, 2.24) is 4.90 Å². The van der Waals surface area contributed by atoms with E-state index in [1.807, 2.05) is 20.8 Å². The molecule has 1 saturated heterocycles. The Morgan fingerprint density at radius 3 is 1.50 bits per heavy atom. The summed E-state index contributed by atoms with van der Waals surface area (Å²) in [5.41, 5.74) is 5.62. The molecule has 2 N–H and O–H groups in total. The third-order valence-corrected chi connectivity index (χ3v) is 3.74. The lowest BCUT2D eigenvalue weighted by Gasteiger charge is -2.32. The molecule has 0 amide bonds. The highest BCUT2D eigenvalue weighted by Gasteiger charge is 2.24. The molecular weight excluding hydrogens is 272 g/mol. The molecule has 4 nitrogen and oxygen atoms in total. The summed E-state index contributed by atoms with van der Waals surface area (Å²) in [5, 5.41) is 0. The number of hydrogen-bond acceptors (Lipinski definition) is 4. The Morgan fingerprint density at radius 1 is 0.950 bits per heavy atom. The summed E-state index contributed by atoms with van der Waals surface area (Å²) >= 11 is 0. The largest absolute Gasteiger partial charge is 0.326 e. The zero-order valence-electron chi connectivity index (χ0n) is 12.8. The highest BCUT2D eigenvalue weighted by molar-refractivity contribution is 7.91. The zero-order valence-corrected chi connectivity index (χ0v) is 13.6. The average Bonchev–Trinajstić information content (AvgIpc) is 2.03. The van der Waals surface area contributed by atoms with Crippen molar-refractivity contribution in [3.05, 3.63) is 0 Å². The third kappa shape index (κ3) is 17.9. The van der Waals surface area contributed by atoms with Gasteiger partial charge in [0.25, 0.3) is 0 Å². The Bertz CT molecular complexity index is 318. The van der Waals surface area contributed by atoms with Crippen LogP contribution in [0, 0.1) is 5.41 Å². The van der Waals surface area contributed by atoms with E-state index in [0.717, 1.165) is 6.54 Å². The summed E-state index contributed by atoms with van der Waals surface area (Å²) in [4.78, 5) is 2.24. The van der Waals surface area contributed by atoms with Crippen LogP contribution in [0.2, 0.25) is 0 Å². The van der Waals surface area contributed by atoms with Crippen molar-refractivity contribution < 1.29 is 8.42 Å². The summed E-state index contributed by atoms with van der Waals surface area (Å²) in [6.07, 6.45) is 0. The van der Waals surface area contributed by atoms with Gasteiger partial charge in [-0.3, -0.25) is 0 Å². The van der Waals surface area contributed by atoms with Crippen LogP contribution in [-0.2, 0) is 9.84 Å². The predicted molar refractivity (Wildman–Crippen MR) is 92.0 cm³/mol. The first-order valence-electron chi connectivity index (χ1n) is 6.50. The predicted octanol–water partition coefficient (Wildman–Crippen LogP) is 2.78. The quantitative estimate of drug-likeness (QED) is 0.809. The highest BCUT2D eigenvalue weighted by atomic mass is 32.2. The lowest BCUT2D eigenvalue weighted by atomic mass is 9.96. The van der Waals surface area contributed by atoms with Gasteiger partial charge in [0.1, 0.15) is 0 Å².